The molecule has 0 atom stereocenters. The highest BCUT2D eigenvalue weighted by atomic mass is 79.9. The van der Waals surface area contributed by atoms with Crippen molar-refractivity contribution in [2.45, 2.75) is 26.2 Å². The van der Waals surface area contributed by atoms with Gasteiger partial charge in [-0.3, -0.25) is 0 Å². The summed E-state index contributed by atoms with van der Waals surface area (Å²) in [4.78, 5) is 8.62. The summed E-state index contributed by atoms with van der Waals surface area (Å²) < 4.78 is 25.7. The van der Waals surface area contributed by atoms with Gasteiger partial charge in [0.15, 0.2) is 5.82 Å². The van der Waals surface area contributed by atoms with Crippen molar-refractivity contribution in [1.82, 2.24) is 9.97 Å². The first-order valence-corrected chi connectivity index (χ1v) is 7.30. The van der Waals surface area contributed by atoms with Crippen LogP contribution in [0.2, 0.25) is 5.15 Å². The summed E-state index contributed by atoms with van der Waals surface area (Å²) in [5.41, 5.74) is 1.47. The third-order valence-corrected chi connectivity index (χ3v) is 4.12. The lowest BCUT2D eigenvalue weighted by molar-refractivity contribution is 0.151. The molecule has 0 saturated heterocycles. The number of alkyl halides is 2. The molecular formula is C14H12BrClF2N2. The predicted molar refractivity (Wildman–Crippen MR) is 79.1 cm³/mol. The van der Waals surface area contributed by atoms with Crippen LogP contribution in [0.25, 0.3) is 11.4 Å². The zero-order valence-electron chi connectivity index (χ0n) is 10.7. The fraction of sp³-hybridized carbons (Fsp3) is 0.286. The van der Waals surface area contributed by atoms with Gasteiger partial charge < -0.3 is 0 Å². The Bertz CT molecular complexity index is 603. The Morgan fingerprint density at radius 1 is 1.20 bits per heavy atom. The smallest absolute Gasteiger partial charge is 0.232 e. The number of hydrogen-bond acceptors (Lipinski definition) is 2. The van der Waals surface area contributed by atoms with E-state index in [-0.39, 0.29) is 5.56 Å². The lowest BCUT2D eigenvalue weighted by atomic mass is 10.1. The van der Waals surface area contributed by atoms with Gasteiger partial charge in [0, 0.05) is 11.1 Å². The van der Waals surface area contributed by atoms with E-state index in [4.69, 9.17) is 11.6 Å². The van der Waals surface area contributed by atoms with Crippen LogP contribution in [0, 0.1) is 0 Å². The van der Waals surface area contributed by atoms with E-state index >= 15 is 0 Å². The van der Waals surface area contributed by atoms with Crippen LogP contribution in [-0.4, -0.2) is 9.97 Å². The van der Waals surface area contributed by atoms with Crippen molar-refractivity contribution in [3.05, 3.63) is 45.1 Å². The van der Waals surface area contributed by atoms with Gasteiger partial charge in [0.25, 0.3) is 6.43 Å². The van der Waals surface area contributed by atoms with Gasteiger partial charge in [-0.25, -0.2) is 18.7 Å². The number of benzene rings is 1. The molecule has 0 amide bonds. The highest BCUT2D eigenvalue weighted by Crippen LogP contribution is 2.28. The summed E-state index contributed by atoms with van der Waals surface area (Å²) in [6, 6.07) is 5.91. The minimum absolute atomic E-state index is 0.0225. The summed E-state index contributed by atoms with van der Waals surface area (Å²) >= 11 is 9.43. The van der Waals surface area contributed by atoms with Crippen molar-refractivity contribution >= 4 is 27.5 Å². The second-order valence-electron chi connectivity index (χ2n) is 4.27. The summed E-state index contributed by atoms with van der Waals surface area (Å²) in [7, 11) is 0. The number of nitrogens with zero attached hydrogens (tertiary/aromatic N) is 2. The maximum Gasteiger partial charge on any atom is 0.263 e. The molecule has 0 bridgehead atoms. The normalized spacial score (nSPS) is 11.1. The zero-order chi connectivity index (χ0) is 14.7. The molecule has 20 heavy (non-hydrogen) atoms. The third kappa shape index (κ3) is 3.33. The van der Waals surface area contributed by atoms with E-state index in [1.807, 2.05) is 6.92 Å². The van der Waals surface area contributed by atoms with Crippen molar-refractivity contribution in [2.24, 2.45) is 0 Å². The molecule has 1 aromatic heterocycles. The molecule has 1 heterocycles. The second kappa shape index (κ2) is 6.59. The van der Waals surface area contributed by atoms with E-state index in [1.54, 1.807) is 12.1 Å². The molecule has 1 aromatic carbocycles. The molecule has 6 heteroatoms. The average Bonchev–Trinajstić information content (AvgIpc) is 2.44. The first-order valence-electron chi connectivity index (χ1n) is 6.13. The molecule has 0 radical (unpaired) electrons. The Balaban J connectivity index is 2.41. The van der Waals surface area contributed by atoms with Crippen molar-refractivity contribution in [3.8, 4) is 11.4 Å². The van der Waals surface area contributed by atoms with E-state index < -0.39 is 6.43 Å². The predicted octanol–water partition coefficient (Wildman–Crippen LogP) is 5.45. The molecule has 0 spiro atoms. The van der Waals surface area contributed by atoms with E-state index in [0.717, 1.165) is 18.5 Å². The molecule has 0 saturated carbocycles. The largest absolute Gasteiger partial charge is 0.263 e. The first kappa shape index (κ1) is 15.3. The van der Waals surface area contributed by atoms with Crippen molar-refractivity contribution < 1.29 is 8.78 Å². The molecule has 2 nitrogen and oxygen atoms in total. The molecule has 0 unspecified atom stereocenters. The quantitative estimate of drug-likeness (QED) is 0.677. The Kier molecular flexibility index (Phi) is 5.05. The maximum atomic E-state index is 12.5. The Morgan fingerprint density at radius 2 is 1.85 bits per heavy atom. The maximum absolute atomic E-state index is 12.5. The third-order valence-electron chi connectivity index (χ3n) is 2.79. The van der Waals surface area contributed by atoms with Crippen LogP contribution in [0.1, 0.15) is 31.0 Å². The number of aromatic nitrogens is 2. The van der Waals surface area contributed by atoms with E-state index in [2.05, 4.69) is 25.9 Å². The molecule has 2 rings (SSSR count). The van der Waals surface area contributed by atoms with Gasteiger partial charge in [-0.2, -0.15) is 0 Å². The van der Waals surface area contributed by atoms with E-state index in [1.165, 1.54) is 12.1 Å². The van der Waals surface area contributed by atoms with Crippen molar-refractivity contribution in [3.63, 3.8) is 0 Å². The van der Waals surface area contributed by atoms with Crippen LogP contribution in [0.4, 0.5) is 8.78 Å². The van der Waals surface area contributed by atoms with Crippen LogP contribution < -0.4 is 0 Å². The highest BCUT2D eigenvalue weighted by Gasteiger charge is 2.12. The van der Waals surface area contributed by atoms with Crippen LogP contribution in [0.5, 0.6) is 0 Å². The minimum atomic E-state index is -2.48. The van der Waals surface area contributed by atoms with E-state index in [0.29, 0.717) is 21.0 Å². The van der Waals surface area contributed by atoms with Gasteiger partial charge in [-0.15, -0.1) is 0 Å². The lowest BCUT2D eigenvalue weighted by Crippen LogP contribution is -1.98. The highest BCUT2D eigenvalue weighted by molar-refractivity contribution is 9.10. The van der Waals surface area contributed by atoms with Crippen LogP contribution in [-0.2, 0) is 6.42 Å². The minimum Gasteiger partial charge on any atom is -0.232 e. The van der Waals surface area contributed by atoms with Crippen LogP contribution >= 0.6 is 27.5 Å². The summed E-state index contributed by atoms with van der Waals surface area (Å²) in [5, 5.41) is 0.330. The lowest BCUT2D eigenvalue weighted by Gasteiger charge is -2.08. The standard InChI is InChI=1S/C14H12BrClF2N2/c1-2-3-10-11(15)12(16)20-14(19-10)9-6-4-8(5-7-9)13(17)18/h4-7,13H,2-3H2,1H3. The Hall–Kier alpha value is -1.07. The second-order valence-corrected chi connectivity index (χ2v) is 5.42. The topological polar surface area (TPSA) is 25.8 Å². The SMILES string of the molecule is CCCc1nc(-c2ccc(C(F)F)cc2)nc(Cl)c1Br. The Morgan fingerprint density at radius 3 is 2.40 bits per heavy atom. The molecule has 0 fully saturated rings. The number of aryl methyl sites for hydroxylation is 1. The fourth-order valence-electron chi connectivity index (χ4n) is 1.77. The molecule has 2 aromatic rings. The molecule has 0 aliphatic heterocycles. The van der Waals surface area contributed by atoms with Gasteiger partial charge >= 0.3 is 0 Å². The van der Waals surface area contributed by atoms with Gasteiger partial charge in [0.1, 0.15) is 5.15 Å². The summed E-state index contributed by atoms with van der Waals surface area (Å²) in [6.07, 6.45) is -0.783. The number of rotatable bonds is 4. The summed E-state index contributed by atoms with van der Waals surface area (Å²) in [6.45, 7) is 2.04. The molecular weight excluding hydrogens is 350 g/mol. The molecule has 0 aliphatic carbocycles. The van der Waals surface area contributed by atoms with Crippen molar-refractivity contribution in [1.29, 1.82) is 0 Å². The fourth-order valence-corrected chi connectivity index (χ4v) is 2.34. The molecule has 0 aliphatic rings. The van der Waals surface area contributed by atoms with Gasteiger partial charge in [0.05, 0.1) is 10.2 Å². The van der Waals surface area contributed by atoms with Gasteiger partial charge in [0.2, 0.25) is 0 Å². The molecule has 0 N–H and O–H groups in total. The average molecular weight is 362 g/mol. The monoisotopic (exact) mass is 360 g/mol. The Labute approximate surface area is 129 Å². The van der Waals surface area contributed by atoms with Crippen molar-refractivity contribution in [2.75, 3.05) is 0 Å². The molecule has 106 valence electrons. The van der Waals surface area contributed by atoms with Crippen LogP contribution in [0.15, 0.2) is 28.7 Å². The first-order chi connectivity index (χ1) is 9.52. The summed E-state index contributed by atoms with van der Waals surface area (Å²) in [5.74, 6) is 0.447. The number of hydrogen-bond donors (Lipinski definition) is 0. The van der Waals surface area contributed by atoms with Crippen LogP contribution in [0.3, 0.4) is 0 Å². The zero-order valence-corrected chi connectivity index (χ0v) is 13.0. The van der Waals surface area contributed by atoms with Gasteiger partial charge in [-0.1, -0.05) is 49.2 Å². The number of halogens is 4. The van der Waals surface area contributed by atoms with E-state index in [9.17, 15) is 8.78 Å². The van der Waals surface area contributed by atoms with Gasteiger partial charge in [-0.05, 0) is 22.4 Å².